The third kappa shape index (κ3) is 3.95. The van der Waals surface area contributed by atoms with Gasteiger partial charge in [-0.3, -0.25) is 4.79 Å². The van der Waals surface area contributed by atoms with Crippen molar-refractivity contribution >= 4 is 15.9 Å². The molecule has 0 saturated heterocycles. The molecule has 1 atom stereocenters. The Balaban J connectivity index is 2.13. The van der Waals surface area contributed by atoms with Gasteiger partial charge in [0.1, 0.15) is 10.6 Å². The molecule has 116 valence electrons. The lowest BCUT2D eigenvalue weighted by Crippen LogP contribution is -2.29. The molecule has 1 aromatic rings. The van der Waals surface area contributed by atoms with E-state index in [-0.39, 0.29) is 22.1 Å². The van der Waals surface area contributed by atoms with Crippen molar-refractivity contribution in [1.29, 1.82) is 0 Å². The first kappa shape index (κ1) is 15.8. The molecule has 1 saturated carbocycles. The van der Waals surface area contributed by atoms with Crippen molar-refractivity contribution in [3.63, 3.8) is 0 Å². The van der Waals surface area contributed by atoms with Crippen molar-refractivity contribution in [2.45, 2.75) is 24.7 Å². The van der Waals surface area contributed by atoms with E-state index in [0.717, 1.165) is 0 Å². The van der Waals surface area contributed by atoms with Crippen LogP contribution in [-0.2, 0) is 10.0 Å². The van der Waals surface area contributed by atoms with Gasteiger partial charge in [0.25, 0.3) is 5.91 Å². The van der Waals surface area contributed by atoms with Crippen molar-refractivity contribution in [2.24, 2.45) is 17.0 Å². The van der Waals surface area contributed by atoms with Gasteiger partial charge >= 0.3 is 0 Å². The Hall–Kier alpha value is -1.60. The number of primary sulfonamides is 1. The zero-order valence-electron chi connectivity index (χ0n) is 12.1. The Kier molecular flexibility index (Phi) is 4.53. The van der Waals surface area contributed by atoms with E-state index in [1.165, 1.54) is 38.2 Å². The third-order valence-corrected chi connectivity index (χ3v) is 4.68. The van der Waals surface area contributed by atoms with Gasteiger partial charge < -0.3 is 10.1 Å². The first-order valence-corrected chi connectivity index (χ1v) is 8.36. The number of carbonyl (C=O) groups excluding carboxylic acids is 1. The number of hydrogen-bond acceptors (Lipinski definition) is 4. The number of rotatable bonds is 6. The fourth-order valence-corrected chi connectivity index (χ4v) is 2.95. The van der Waals surface area contributed by atoms with Crippen LogP contribution in [0.1, 0.15) is 30.1 Å². The number of methoxy groups -OCH3 is 1. The quantitative estimate of drug-likeness (QED) is 0.822. The molecular weight excluding hydrogens is 292 g/mol. The second-order valence-corrected chi connectivity index (χ2v) is 6.97. The molecule has 2 rings (SSSR count). The molecule has 1 unspecified atom stereocenters. The minimum Gasteiger partial charge on any atom is -0.495 e. The number of carbonyl (C=O) groups is 1. The second-order valence-electron chi connectivity index (χ2n) is 5.44. The number of amides is 1. The maximum Gasteiger partial charge on any atom is 0.251 e. The van der Waals surface area contributed by atoms with Gasteiger partial charge in [-0.15, -0.1) is 0 Å². The minimum atomic E-state index is -3.94. The largest absolute Gasteiger partial charge is 0.495 e. The van der Waals surface area contributed by atoms with Crippen molar-refractivity contribution in [3.05, 3.63) is 23.8 Å². The minimum absolute atomic E-state index is 0.125. The van der Waals surface area contributed by atoms with Gasteiger partial charge in [0, 0.05) is 12.1 Å². The zero-order chi connectivity index (χ0) is 15.6. The van der Waals surface area contributed by atoms with Gasteiger partial charge in [-0.25, -0.2) is 13.6 Å². The molecule has 1 aromatic carbocycles. The highest BCUT2D eigenvalue weighted by Gasteiger charge is 2.28. The summed E-state index contributed by atoms with van der Waals surface area (Å²) in [6.45, 7) is 2.68. The highest BCUT2D eigenvalue weighted by atomic mass is 32.2. The van der Waals surface area contributed by atoms with Gasteiger partial charge in [0.2, 0.25) is 10.0 Å². The number of nitrogens with two attached hydrogens (primary N) is 1. The molecular formula is C14H20N2O4S. The standard InChI is InChI=1S/C14H20N2O4S/c1-9(10-3-4-10)8-16-14(17)11-5-6-12(20-2)13(7-11)21(15,18)19/h5-7,9-10H,3-4,8H2,1-2H3,(H,16,17)(H2,15,18,19). The molecule has 0 bridgehead atoms. The van der Waals surface area contributed by atoms with E-state index in [9.17, 15) is 13.2 Å². The molecule has 6 nitrogen and oxygen atoms in total. The summed E-state index contributed by atoms with van der Waals surface area (Å²) in [6, 6.07) is 4.19. The fraction of sp³-hybridized carbons (Fsp3) is 0.500. The molecule has 0 aliphatic heterocycles. The molecule has 7 heteroatoms. The molecule has 0 radical (unpaired) electrons. The molecule has 0 aromatic heterocycles. The van der Waals surface area contributed by atoms with Crippen LogP contribution in [0.3, 0.4) is 0 Å². The number of sulfonamides is 1. The van der Waals surface area contributed by atoms with E-state index in [0.29, 0.717) is 18.4 Å². The van der Waals surface area contributed by atoms with E-state index >= 15 is 0 Å². The molecule has 0 spiro atoms. The maximum atomic E-state index is 12.1. The lowest BCUT2D eigenvalue weighted by atomic mass is 10.1. The number of nitrogens with one attached hydrogen (secondary N) is 1. The highest BCUT2D eigenvalue weighted by molar-refractivity contribution is 7.89. The van der Waals surface area contributed by atoms with E-state index in [1.54, 1.807) is 0 Å². The average molecular weight is 312 g/mol. The molecule has 3 N–H and O–H groups in total. The predicted octanol–water partition coefficient (Wildman–Crippen LogP) is 1.12. The van der Waals surface area contributed by atoms with E-state index in [4.69, 9.17) is 9.88 Å². The SMILES string of the molecule is COc1ccc(C(=O)NCC(C)C2CC2)cc1S(N)(=O)=O. The normalized spacial score (nSPS) is 16.3. The molecule has 1 fully saturated rings. The molecule has 0 heterocycles. The van der Waals surface area contributed by atoms with Crippen molar-refractivity contribution in [1.82, 2.24) is 5.32 Å². The Morgan fingerprint density at radius 3 is 2.67 bits per heavy atom. The van der Waals surface area contributed by atoms with Crippen LogP contribution in [0.4, 0.5) is 0 Å². The molecule has 21 heavy (non-hydrogen) atoms. The van der Waals surface area contributed by atoms with Crippen LogP contribution in [0.5, 0.6) is 5.75 Å². The first-order valence-electron chi connectivity index (χ1n) is 6.82. The van der Waals surface area contributed by atoms with Gasteiger partial charge in [0.15, 0.2) is 0 Å². The lowest BCUT2D eigenvalue weighted by Gasteiger charge is -2.12. The summed E-state index contributed by atoms with van der Waals surface area (Å²) < 4.78 is 28.0. The molecule has 1 aliphatic carbocycles. The van der Waals surface area contributed by atoms with Gasteiger partial charge in [-0.2, -0.15) is 0 Å². The van der Waals surface area contributed by atoms with Gasteiger partial charge in [0.05, 0.1) is 7.11 Å². The van der Waals surface area contributed by atoms with E-state index in [2.05, 4.69) is 12.2 Å². The van der Waals surface area contributed by atoms with E-state index in [1.807, 2.05) is 0 Å². The lowest BCUT2D eigenvalue weighted by molar-refractivity contribution is 0.0946. The first-order chi connectivity index (χ1) is 9.82. The predicted molar refractivity (Wildman–Crippen MR) is 78.6 cm³/mol. The highest BCUT2D eigenvalue weighted by Crippen LogP contribution is 2.36. The number of benzene rings is 1. The summed E-state index contributed by atoms with van der Waals surface area (Å²) in [5, 5.41) is 7.95. The summed E-state index contributed by atoms with van der Waals surface area (Å²) in [7, 11) is -2.59. The van der Waals surface area contributed by atoms with Crippen LogP contribution in [0.2, 0.25) is 0 Å². The van der Waals surface area contributed by atoms with Crippen molar-refractivity contribution in [3.8, 4) is 5.75 Å². The van der Waals surface area contributed by atoms with Crippen molar-refractivity contribution < 1.29 is 17.9 Å². The summed E-state index contributed by atoms with van der Waals surface area (Å²) in [4.78, 5) is 11.9. The van der Waals surface area contributed by atoms with Crippen LogP contribution in [0.15, 0.2) is 23.1 Å². The smallest absolute Gasteiger partial charge is 0.251 e. The maximum absolute atomic E-state index is 12.1. The fourth-order valence-electron chi connectivity index (χ4n) is 2.23. The zero-order valence-corrected chi connectivity index (χ0v) is 12.9. The average Bonchev–Trinajstić information content (AvgIpc) is 3.27. The second kappa shape index (κ2) is 6.03. The van der Waals surface area contributed by atoms with E-state index < -0.39 is 10.0 Å². The summed E-state index contributed by atoms with van der Waals surface area (Å²) in [5.74, 6) is 0.946. The Morgan fingerprint density at radius 2 is 2.14 bits per heavy atom. The summed E-state index contributed by atoms with van der Waals surface area (Å²) in [6.07, 6.45) is 2.43. The number of ether oxygens (including phenoxy) is 1. The van der Waals surface area contributed by atoms with Crippen LogP contribution in [0, 0.1) is 11.8 Å². The van der Waals surface area contributed by atoms with Crippen LogP contribution < -0.4 is 15.2 Å². The Morgan fingerprint density at radius 1 is 1.48 bits per heavy atom. The molecule has 1 amide bonds. The third-order valence-electron chi connectivity index (χ3n) is 3.74. The topological polar surface area (TPSA) is 98.5 Å². The Bertz CT molecular complexity index is 638. The van der Waals surface area contributed by atoms with Crippen LogP contribution in [0.25, 0.3) is 0 Å². The summed E-state index contributed by atoms with van der Waals surface area (Å²) >= 11 is 0. The number of hydrogen-bond donors (Lipinski definition) is 2. The van der Waals surface area contributed by atoms with Crippen LogP contribution in [-0.4, -0.2) is 28.0 Å². The monoisotopic (exact) mass is 312 g/mol. The van der Waals surface area contributed by atoms with Gasteiger partial charge in [-0.05, 0) is 42.9 Å². The Labute approximate surface area is 124 Å². The molecule has 1 aliphatic rings. The summed E-state index contributed by atoms with van der Waals surface area (Å²) in [5.41, 5.74) is 0.253. The van der Waals surface area contributed by atoms with Crippen LogP contribution >= 0.6 is 0 Å². The van der Waals surface area contributed by atoms with Crippen molar-refractivity contribution in [2.75, 3.05) is 13.7 Å². The van der Waals surface area contributed by atoms with Gasteiger partial charge in [-0.1, -0.05) is 6.92 Å².